The monoisotopic (exact) mass is 527 g/mol. The van der Waals surface area contributed by atoms with E-state index in [9.17, 15) is 14.7 Å². The molecule has 37 heavy (non-hydrogen) atoms. The van der Waals surface area contributed by atoms with E-state index >= 15 is 0 Å². The number of aliphatic carboxylic acids is 1. The summed E-state index contributed by atoms with van der Waals surface area (Å²) >= 11 is 0. The van der Waals surface area contributed by atoms with Crippen molar-refractivity contribution < 1.29 is 23.9 Å². The summed E-state index contributed by atoms with van der Waals surface area (Å²) in [4.78, 5) is 26.3. The summed E-state index contributed by atoms with van der Waals surface area (Å²) in [5.74, 6) is -2.26. The molecule has 0 fully saturated rings. The summed E-state index contributed by atoms with van der Waals surface area (Å²) in [6.45, 7) is 16.0. The van der Waals surface area contributed by atoms with Crippen LogP contribution in [0.3, 0.4) is 0 Å². The summed E-state index contributed by atoms with van der Waals surface area (Å²) in [6, 6.07) is 19.0. The third-order valence-electron chi connectivity index (χ3n) is 7.06. The van der Waals surface area contributed by atoms with Gasteiger partial charge in [-0.25, -0.2) is 0 Å². The largest absolute Gasteiger partial charge is 0.480 e. The van der Waals surface area contributed by atoms with Crippen LogP contribution in [-0.4, -0.2) is 42.6 Å². The highest BCUT2D eigenvalue weighted by molar-refractivity contribution is 6.74. The van der Waals surface area contributed by atoms with Gasteiger partial charge in [0.25, 0.3) is 0 Å². The van der Waals surface area contributed by atoms with Gasteiger partial charge < -0.3 is 20.0 Å². The van der Waals surface area contributed by atoms with Crippen LogP contribution in [0.5, 0.6) is 0 Å². The van der Waals surface area contributed by atoms with E-state index in [1.54, 1.807) is 0 Å². The number of ether oxygens (including phenoxy) is 1. The molecule has 0 unspecified atom stereocenters. The average molecular weight is 528 g/mol. The summed E-state index contributed by atoms with van der Waals surface area (Å²) in [6.07, 6.45) is -0.301. The lowest BCUT2D eigenvalue weighted by molar-refractivity contribution is -0.165. The molecule has 6 nitrogen and oxygen atoms in total. The molecule has 0 aliphatic rings. The van der Waals surface area contributed by atoms with Gasteiger partial charge in [-0.3, -0.25) is 9.59 Å². The summed E-state index contributed by atoms with van der Waals surface area (Å²) < 4.78 is 12.7. The number of carboxylic acid groups (broad SMARTS) is 1. The molecule has 3 N–H and O–H groups in total. The van der Waals surface area contributed by atoms with E-state index in [2.05, 4.69) is 33.9 Å². The Labute approximate surface area is 223 Å². The first-order valence-corrected chi connectivity index (χ1v) is 15.9. The molecule has 0 heterocycles. The number of carbonyl (C=O) groups is 2. The molecule has 0 spiro atoms. The fraction of sp³-hybridized carbons (Fsp3) is 0.533. The molecule has 7 heteroatoms. The van der Waals surface area contributed by atoms with E-state index in [4.69, 9.17) is 14.9 Å². The van der Waals surface area contributed by atoms with Crippen molar-refractivity contribution in [2.75, 3.05) is 0 Å². The summed E-state index contributed by atoms with van der Waals surface area (Å²) in [5.41, 5.74) is 6.07. The van der Waals surface area contributed by atoms with Crippen molar-refractivity contribution >= 4 is 20.3 Å². The zero-order valence-electron chi connectivity index (χ0n) is 23.7. The van der Waals surface area contributed by atoms with Crippen LogP contribution in [0, 0.1) is 5.92 Å². The van der Waals surface area contributed by atoms with Crippen LogP contribution in [0.2, 0.25) is 18.1 Å². The topological polar surface area (TPSA) is 98.9 Å². The van der Waals surface area contributed by atoms with Crippen LogP contribution in [0.1, 0.15) is 59.1 Å². The second kappa shape index (κ2) is 11.9. The zero-order chi connectivity index (χ0) is 28.1. The molecule has 0 bridgehead atoms. The maximum absolute atomic E-state index is 13.7. The van der Waals surface area contributed by atoms with E-state index in [1.807, 2.05) is 81.4 Å². The van der Waals surface area contributed by atoms with Crippen molar-refractivity contribution in [1.29, 1.82) is 0 Å². The average Bonchev–Trinajstić information content (AvgIpc) is 2.76. The number of benzene rings is 2. The van der Waals surface area contributed by atoms with Crippen LogP contribution in [0.4, 0.5) is 0 Å². The third-order valence-corrected chi connectivity index (χ3v) is 11.6. The highest BCUT2D eigenvalue weighted by atomic mass is 28.4. The minimum atomic E-state index is -2.44. The number of hydrogen-bond acceptors (Lipinski definition) is 5. The van der Waals surface area contributed by atoms with E-state index < -0.39 is 43.4 Å². The van der Waals surface area contributed by atoms with Gasteiger partial charge in [0, 0.05) is 12.8 Å². The molecular formula is C30H45NO5Si. The number of carbonyl (C=O) groups excluding carboxylic acids is 1. The lowest BCUT2D eigenvalue weighted by atomic mass is 9.81. The Morgan fingerprint density at radius 3 is 1.81 bits per heavy atom. The Balaban J connectivity index is 2.58. The Hall–Kier alpha value is -2.48. The molecule has 2 rings (SSSR count). The predicted octanol–water partition coefficient (Wildman–Crippen LogP) is 5.99. The van der Waals surface area contributed by atoms with E-state index in [-0.39, 0.29) is 17.9 Å². The van der Waals surface area contributed by atoms with Crippen LogP contribution >= 0.6 is 0 Å². The lowest BCUT2D eigenvalue weighted by Gasteiger charge is -2.43. The van der Waals surface area contributed by atoms with Crippen molar-refractivity contribution in [3.63, 3.8) is 0 Å². The van der Waals surface area contributed by atoms with Gasteiger partial charge in [0.15, 0.2) is 8.32 Å². The van der Waals surface area contributed by atoms with Crippen molar-refractivity contribution in [2.24, 2.45) is 11.7 Å². The van der Waals surface area contributed by atoms with E-state index in [1.165, 1.54) is 0 Å². The molecule has 0 aliphatic carbocycles. The van der Waals surface area contributed by atoms with Gasteiger partial charge in [0.05, 0.1) is 12.0 Å². The fourth-order valence-electron chi connectivity index (χ4n) is 3.99. The first-order chi connectivity index (χ1) is 16.9. The molecule has 0 aliphatic heterocycles. The van der Waals surface area contributed by atoms with Crippen molar-refractivity contribution in [2.45, 2.75) is 96.2 Å². The minimum Gasteiger partial charge on any atom is -0.480 e. The Morgan fingerprint density at radius 1 is 0.892 bits per heavy atom. The summed E-state index contributed by atoms with van der Waals surface area (Å²) in [5, 5.41) is 10.2. The first-order valence-electron chi connectivity index (χ1n) is 12.9. The number of esters is 1. The standard InChI is InChI=1S/C30H45NO5Si/c1-28(2,3)35-26(32)24(19-22-15-11-9-12-16-22)25(36-37(7,8)29(4,5)6)21-30(31,27(33)34)20-23-17-13-10-14-18-23/h9-18,24-25H,19-21,31H2,1-8H3,(H,33,34)/t24-,25-,30+/m0/s1. The molecule has 2 aromatic rings. The normalized spacial score (nSPS) is 15.9. The maximum atomic E-state index is 13.7. The zero-order valence-corrected chi connectivity index (χ0v) is 24.7. The fourth-order valence-corrected chi connectivity index (χ4v) is 5.35. The molecule has 0 aromatic heterocycles. The van der Waals surface area contributed by atoms with Gasteiger partial charge in [-0.15, -0.1) is 0 Å². The smallest absolute Gasteiger partial charge is 0.324 e. The molecule has 204 valence electrons. The number of hydrogen-bond donors (Lipinski definition) is 2. The molecular weight excluding hydrogens is 482 g/mol. The van der Waals surface area contributed by atoms with Crippen molar-refractivity contribution in [1.82, 2.24) is 0 Å². The SMILES string of the molecule is CC(C)(C)OC(=O)[C@@H](Cc1ccccc1)[C@H](C[C@](N)(Cc1ccccc1)C(=O)O)O[Si](C)(C)C(C)(C)C. The van der Waals surface area contributed by atoms with E-state index in [0.29, 0.717) is 6.42 Å². The van der Waals surface area contributed by atoms with Gasteiger partial charge in [-0.2, -0.15) is 0 Å². The van der Waals surface area contributed by atoms with Crippen molar-refractivity contribution in [3.05, 3.63) is 71.8 Å². The lowest BCUT2D eigenvalue weighted by Crippen LogP contribution is -2.57. The van der Waals surface area contributed by atoms with Gasteiger partial charge in [-0.1, -0.05) is 81.4 Å². The molecule has 0 saturated carbocycles. The Morgan fingerprint density at radius 2 is 1.38 bits per heavy atom. The van der Waals surface area contributed by atoms with Crippen molar-refractivity contribution in [3.8, 4) is 0 Å². The Kier molecular flexibility index (Phi) is 9.91. The number of nitrogens with two attached hydrogens (primary N) is 1. The third kappa shape index (κ3) is 9.09. The predicted molar refractivity (Wildman–Crippen MR) is 151 cm³/mol. The van der Waals surface area contributed by atoms with Crippen LogP contribution in [0.25, 0.3) is 0 Å². The van der Waals surface area contributed by atoms with Crippen LogP contribution in [0.15, 0.2) is 60.7 Å². The highest BCUT2D eigenvalue weighted by Gasteiger charge is 2.47. The quantitative estimate of drug-likeness (QED) is 0.275. The van der Waals surface area contributed by atoms with E-state index in [0.717, 1.165) is 11.1 Å². The minimum absolute atomic E-state index is 0.0273. The second-order valence-electron chi connectivity index (χ2n) is 12.6. The Bertz CT molecular complexity index is 1030. The molecule has 2 aromatic carbocycles. The van der Waals surface area contributed by atoms with Gasteiger partial charge in [-0.05, 0) is 56.5 Å². The summed E-state index contributed by atoms with van der Waals surface area (Å²) in [7, 11) is -2.44. The van der Waals surface area contributed by atoms with Gasteiger partial charge in [0.2, 0.25) is 0 Å². The molecule has 0 amide bonds. The van der Waals surface area contributed by atoms with Gasteiger partial charge in [0.1, 0.15) is 11.1 Å². The molecule has 3 atom stereocenters. The van der Waals surface area contributed by atoms with Crippen LogP contribution < -0.4 is 5.73 Å². The molecule has 0 saturated heterocycles. The first kappa shape index (κ1) is 30.7. The maximum Gasteiger partial charge on any atom is 0.324 e. The number of rotatable bonds is 11. The number of carboxylic acids is 1. The van der Waals surface area contributed by atoms with Gasteiger partial charge >= 0.3 is 11.9 Å². The van der Waals surface area contributed by atoms with Crippen LogP contribution in [-0.2, 0) is 31.6 Å². The highest BCUT2D eigenvalue weighted by Crippen LogP contribution is 2.40. The molecule has 0 radical (unpaired) electrons. The second-order valence-corrected chi connectivity index (χ2v) is 17.3.